The lowest BCUT2D eigenvalue weighted by molar-refractivity contribution is 0.617. The number of nitrogens with one attached hydrogen (secondary N) is 1. The Morgan fingerprint density at radius 2 is 2.10 bits per heavy atom. The highest BCUT2D eigenvalue weighted by Gasteiger charge is 2.18. The second-order valence-electron chi connectivity index (χ2n) is 5.09. The van der Waals surface area contributed by atoms with E-state index in [-0.39, 0.29) is 0 Å². The van der Waals surface area contributed by atoms with Crippen LogP contribution in [0.25, 0.3) is 11.4 Å². The molecule has 0 spiro atoms. The molecule has 104 valence electrons. The summed E-state index contributed by atoms with van der Waals surface area (Å²) in [6.07, 6.45) is 6.69. The number of fused-ring (bicyclic) bond motifs is 1. The highest BCUT2D eigenvalue weighted by molar-refractivity contribution is 5.60. The fourth-order valence-electron chi connectivity index (χ4n) is 2.78. The summed E-state index contributed by atoms with van der Waals surface area (Å²) < 4.78 is 0. The molecule has 3 heterocycles. The van der Waals surface area contributed by atoms with Crippen LogP contribution in [0.3, 0.4) is 0 Å². The predicted molar refractivity (Wildman–Crippen MR) is 79.4 cm³/mol. The third-order valence-electron chi connectivity index (χ3n) is 3.88. The highest BCUT2D eigenvalue weighted by atomic mass is 15.0. The maximum atomic E-state index is 4.82. The summed E-state index contributed by atoms with van der Waals surface area (Å²) in [5, 5.41) is 3.40. The Hall–Kier alpha value is -1.81. The summed E-state index contributed by atoms with van der Waals surface area (Å²) in [5.41, 5.74) is 6.04. The van der Waals surface area contributed by atoms with Crippen LogP contribution in [0.5, 0.6) is 0 Å². The smallest absolute Gasteiger partial charge is 0.160 e. The Morgan fingerprint density at radius 3 is 2.90 bits per heavy atom. The van der Waals surface area contributed by atoms with Crippen LogP contribution in [0, 0.1) is 0 Å². The van der Waals surface area contributed by atoms with Gasteiger partial charge in [0.15, 0.2) is 5.82 Å². The minimum atomic E-state index is 0.851. The minimum absolute atomic E-state index is 0.851. The Morgan fingerprint density at radius 1 is 1.20 bits per heavy atom. The first-order valence-electron chi connectivity index (χ1n) is 7.36. The quantitative estimate of drug-likeness (QED) is 0.928. The molecule has 4 nitrogen and oxygen atoms in total. The van der Waals surface area contributed by atoms with Crippen molar-refractivity contribution in [2.75, 3.05) is 6.54 Å². The van der Waals surface area contributed by atoms with Crippen molar-refractivity contribution in [3.63, 3.8) is 0 Å². The standard InChI is InChI=1S/C16H20N4/c1-3-11-9-17-7-5-12(11)16-19-14(4-2)13-6-8-18-10-15(13)20-16/h5,7,9,18H,3-4,6,8,10H2,1-2H3. The monoisotopic (exact) mass is 268 g/mol. The zero-order valence-electron chi connectivity index (χ0n) is 12.1. The van der Waals surface area contributed by atoms with E-state index < -0.39 is 0 Å². The maximum absolute atomic E-state index is 4.82. The van der Waals surface area contributed by atoms with Gasteiger partial charge < -0.3 is 5.32 Å². The zero-order chi connectivity index (χ0) is 13.9. The molecule has 0 bridgehead atoms. The average Bonchev–Trinajstić information content (AvgIpc) is 2.53. The summed E-state index contributed by atoms with van der Waals surface area (Å²) in [6, 6.07) is 2.02. The molecule has 0 saturated heterocycles. The zero-order valence-corrected chi connectivity index (χ0v) is 12.1. The Bertz CT molecular complexity index is 605. The summed E-state index contributed by atoms with van der Waals surface area (Å²) in [7, 11) is 0. The third-order valence-corrected chi connectivity index (χ3v) is 3.88. The van der Waals surface area contributed by atoms with Crippen LogP contribution in [0.1, 0.15) is 36.4 Å². The van der Waals surface area contributed by atoms with Crippen molar-refractivity contribution in [1.29, 1.82) is 0 Å². The van der Waals surface area contributed by atoms with Crippen LogP contribution in [0.2, 0.25) is 0 Å². The number of hydrogen-bond donors (Lipinski definition) is 1. The number of aryl methyl sites for hydroxylation is 2. The largest absolute Gasteiger partial charge is 0.311 e. The molecule has 1 N–H and O–H groups in total. The van der Waals surface area contributed by atoms with Gasteiger partial charge in [-0.05, 0) is 43.0 Å². The van der Waals surface area contributed by atoms with Gasteiger partial charge in [0, 0.05) is 30.2 Å². The second kappa shape index (κ2) is 5.67. The van der Waals surface area contributed by atoms with Gasteiger partial charge >= 0.3 is 0 Å². The fourth-order valence-corrected chi connectivity index (χ4v) is 2.78. The van der Waals surface area contributed by atoms with E-state index in [1.165, 1.54) is 16.8 Å². The van der Waals surface area contributed by atoms with Gasteiger partial charge in [-0.3, -0.25) is 4.98 Å². The number of rotatable bonds is 3. The van der Waals surface area contributed by atoms with Crippen molar-refractivity contribution in [2.45, 2.75) is 39.7 Å². The van der Waals surface area contributed by atoms with Gasteiger partial charge in [0.25, 0.3) is 0 Å². The van der Waals surface area contributed by atoms with E-state index in [0.29, 0.717) is 0 Å². The van der Waals surface area contributed by atoms with Crippen LogP contribution in [0.15, 0.2) is 18.5 Å². The van der Waals surface area contributed by atoms with Crippen LogP contribution >= 0.6 is 0 Å². The molecule has 0 fully saturated rings. The van der Waals surface area contributed by atoms with Gasteiger partial charge in [-0.25, -0.2) is 9.97 Å². The van der Waals surface area contributed by atoms with Gasteiger partial charge in [0.2, 0.25) is 0 Å². The molecule has 20 heavy (non-hydrogen) atoms. The van der Waals surface area contributed by atoms with E-state index in [1.54, 1.807) is 0 Å². The molecule has 2 aromatic heterocycles. The number of hydrogen-bond acceptors (Lipinski definition) is 4. The summed E-state index contributed by atoms with van der Waals surface area (Å²) in [6.45, 7) is 6.19. The summed E-state index contributed by atoms with van der Waals surface area (Å²) in [4.78, 5) is 13.8. The summed E-state index contributed by atoms with van der Waals surface area (Å²) in [5.74, 6) is 0.851. The van der Waals surface area contributed by atoms with Gasteiger partial charge in [0.05, 0.1) is 5.69 Å². The summed E-state index contributed by atoms with van der Waals surface area (Å²) >= 11 is 0. The number of nitrogens with zero attached hydrogens (tertiary/aromatic N) is 3. The van der Waals surface area contributed by atoms with E-state index >= 15 is 0 Å². The van der Waals surface area contributed by atoms with Crippen molar-refractivity contribution >= 4 is 0 Å². The SMILES string of the molecule is CCc1cnccc1-c1nc(CC)c2c(n1)CNCC2. The lowest BCUT2D eigenvalue weighted by atomic mass is 10.0. The molecule has 0 radical (unpaired) electrons. The topological polar surface area (TPSA) is 50.7 Å². The molecule has 0 amide bonds. The molecule has 1 aliphatic heterocycles. The number of aromatic nitrogens is 3. The first kappa shape index (κ1) is 13.2. The Labute approximate surface area is 119 Å². The molecule has 1 aliphatic rings. The molecular formula is C16H20N4. The number of pyridine rings is 1. The predicted octanol–water partition coefficient (Wildman–Crippen LogP) is 2.31. The van der Waals surface area contributed by atoms with Crippen LogP contribution in [0.4, 0.5) is 0 Å². The molecule has 0 atom stereocenters. The first-order valence-corrected chi connectivity index (χ1v) is 7.36. The third kappa shape index (κ3) is 2.31. The van der Waals surface area contributed by atoms with Crippen molar-refractivity contribution in [2.24, 2.45) is 0 Å². The fraction of sp³-hybridized carbons (Fsp3) is 0.438. The molecule has 0 aromatic carbocycles. The second-order valence-corrected chi connectivity index (χ2v) is 5.09. The van der Waals surface area contributed by atoms with Gasteiger partial charge in [-0.2, -0.15) is 0 Å². The van der Waals surface area contributed by atoms with E-state index in [9.17, 15) is 0 Å². The van der Waals surface area contributed by atoms with Gasteiger partial charge in [-0.15, -0.1) is 0 Å². The highest BCUT2D eigenvalue weighted by Crippen LogP contribution is 2.24. The molecule has 3 rings (SSSR count). The lowest BCUT2D eigenvalue weighted by Gasteiger charge is -2.20. The minimum Gasteiger partial charge on any atom is -0.311 e. The normalized spacial score (nSPS) is 14.1. The van der Waals surface area contributed by atoms with Gasteiger partial charge in [-0.1, -0.05) is 13.8 Å². The Kier molecular flexibility index (Phi) is 3.74. The molecule has 2 aromatic rings. The lowest BCUT2D eigenvalue weighted by Crippen LogP contribution is -2.26. The first-order chi connectivity index (χ1) is 9.83. The molecule has 0 saturated carbocycles. The molecular weight excluding hydrogens is 248 g/mol. The van der Waals surface area contributed by atoms with Gasteiger partial charge in [0.1, 0.15) is 0 Å². The van der Waals surface area contributed by atoms with E-state index in [2.05, 4.69) is 24.1 Å². The van der Waals surface area contributed by atoms with Crippen LogP contribution in [-0.2, 0) is 25.8 Å². The van der Waals surface area contributed by atoms with Crippen LogP contribution in [-0.4, -0.2) is 21.5 Å². The van der Waals surface area contributed by atoms with Crippen molar-refractivity contribution in [1.82, 2.24) is 20.3 Å². The van der Waals surface area contributed by atoms with Crippen molar-refractivity contribution in [3.05, 3.63) is 41.0 Å². The van der Waals surface area contributed by atoms with E-state index in [0.717, 1.165) is 49.4 Å². The maximum Gasteiger partial charge on any atom is 0.160 e. The van der Waals surface area contributed by atoms with Crippen molar-refractivity contribution in [3.8, 4) is 11.4 Å². The molecule has 4 heteroatoms. The average molecular weight is 268 g/mol. The van der Waals surface area contributed by atoms with E-state index in [1.807, 2.05) is 18.5 Å². The van der Waals surface area contributed by atoms with Crippen LogP contribution < -0.4 is 5.32 Å². The molecule has 0 unspecified atom stereocenters. The van der Waals surface area contributed by atoms with E-state index in [4.69, 9.17) is 9.97 Å². The molecule has 0 aliphatic carbocycles. The van der Waals surface area contributed by atoms with Crippen molar-refractivity contribution < 1.29 is 0 Å². The Balaban J connectivity index is 2.14.